The molecule has 0 aliphatic heterocycles. The fraction of sp³-hybridized carbons (Fsp3) is 0.0870. The highest BCUT2D eigenvalue weighted by Crippen LogP contribution is 2.09. The third kappa shape index (κ3) is 6.49. The van der Waals surface area contributed by atoms with Crippen molar-refractivity contribution in [1.29, 1.82) is 0 Å². The fourth-order valence-corrected chi connectivity index (χ4v) is 2.51. The van der Waals surface area contributed by atoms with Crippen LogP contribution in [0.3, 0.4) is 0 Å². The number of aryl methyl sites for hydroxylation is 1. The molecule has 0 saturated carbocycles. The molecular formula is C23H22N6O3. The summed E-state index contributed by atoms with van der Waals surface area (Å²) in [5.74, 6) is -0.0762. The van der Waals surface area contributed by atoms with E-state index in [0.29, 0.717) is 11.3 Å². The third-order valence-electron chi connectivity index (χ3n) is 4.16. The van der Waals surface area contributed by atoms with Crippen molar-refractivity contribution in [2.45, 2.75) is 6.92 Å². The van der Waals surface area contributed by atoms with Crippen LogP contribution in [0, 0.1) is 6.92 Å². The molecule has 0 spiro atoms. The number of amides is 2. The quantitative estimate of drug-likeness (QED) is 0.287. The molecule has 0 aliphatic rings. The summed E-state index contributed by atoms with van der Waals surface area (Å²) in [6.07, 6.45) is 4.37. The van der Waals surface area contributed by atoms with Crippen LogP contribution in [-0.4, -0.2) is 35.1 Å². The minimum atomic E-state index is -0.626. The van der Waals surface area contributed by atoms with Gasteiger partial charge in [-0.05, 0) is 55.0 Å². The summed E-state index contributed by atoms with van der Waals surface area (Å²) >= 11 is 0. The maximum atomic E-state index is 12.7. The summed E-state index contributed by atoms with van der Waals surface area (Å²) in [6.45, 7) is 1.81. The largest absolute Gasteiger partial charge is 0.497 e. The number of benzene rings is 2. The zero-order valence-electron chi connectivity index (χ0n) is 17.6. The second kappa shape index (κ2) is 11.0. The predicted octanol–water partition coefficient (Wildman–Crippen LogP) is 2.63. The van der Waals surface area contributed by atoms with Crippen molar-refractivity contribution >= 4 is 24.0 Å². The second-order valence-electron chi connectivity index (χ2n) is 6.52. The Labute approximate surface area is 185 Å². The van der Waals surface area contributed by atoms with Gasteiger partial charge in [0, 0.05) is 23.7 Å². The molecular weight excluding hydrogens is 408 g/mol. The number of hydrazone groups is 1. The summed E-state index contributed by atoms with van der Waals surface area (Å²) < 4.78 is 5.11. The first-order valence-electron chi connectivity index (χ1n) is 9.65. The Morgan fingerprint density at radius 1 is 1.03 bits per heavy atom. The molecule has 0 unspecified atom stereocenters. The molecule has 0 fully saturated rings. The average molecular weight is 430 g/mol. The van der Waals surface area contributed by atoms with Gasteiger partial charge in [-0.15, -0.1) is 0 Å². The molecule has 0 bridgehead atoms. The normalized spacial score (nSPS) is 11.1. The van der Waals surface area contributed by atoms with Crippen LogP contribution in [-0.2, 0) is 4.79 Å². The van der Waals surface area contributed by atoms with Gasteiger partial charge in [0.2, 0.25) is 5.95 Å². The number of methoxy groups -OCH3 is 1. The van der Waals surface area contributed by atoms with Crippen molar-refractivity contribution < 1.29 is 14.3 Å². The Bertz CT molecular complexity index is 1130. The molecule has 0 radical (unpaired) electrons. The van der Waals surface area contributed by atoms with E-state index in [0.717, 1.165) is 11.3 Å². The van der Waals surface area contributed by atoms with Gasteiger partial charge in [0.15, 0.2) is 0 Å². The number of anilines is 1. The topological polar surface area (TPSA) is 118 Å². The van der Waals surface area contributed by atoms with Gasteiger partial charge in [0.1, 0.15) is 11.4 Å². The number of hydrogen-bond acceptors (Lipinski definition) is 7. The molecule has 32 heavy (non-hydrogen) atoms. The zero-order valence-corrected chi connectivity index (χ0v) is 17.6. The van der Waals surface area contributed by atoms with E-state index in [4.69, 9.17) is 4.74 Å². The van der Waals surface area contributed by atoms with Gasteiger partial charge >= 0.3 is 0 Å². The number of carbonyl (C=O) groups is 2. The van der Waals surface area contributed by atoms with Crippen LogP contribution in [0.15, 0.2) is 83.9 Å². The van der Waals surface area contributed by atoms with Gasteiger partial charge in [-0.25, -0.2) is 15.4 Å². The van der Waals surface area contributed by atoms with Crippen LogP contribution < -0.4 is 20.8 Å². The lowest BCUT2D eigenvalue weighted by atomic mass is 10.2. The number of aromatic nitrogens is 2. The van der Waals surface area contributed by atoms with Crippen LogP contribution in [0.1, 0.15) is 21.6 Å². The van der Waals surface area contributed by atoms with Crippen LogP contribution in [0.4, 0.5) is 5.95 Å². The molecule has 2 aromatic carbocycles. The first kappa shape index (κ1) is 22.2. The summed E-state index contributed by atoms with van der Waals surface area (Å²) in [5.41, 5.74) is 4.25. The van der Waals surface area contributed by atoms with E-state index in [9.17, 15) is 9.59 Å². The van der Waals surface area contributed by atoms with Gasteiger partial charge in [0.25, 0.3) is 11.8 Å². The molecule has 3 N–H and O–H groups in total. The van der Waals surface area contributed by atoms with E-state index in [1.807, 2.05) is 6.92 Å². The molecule has 0 aliphatic carbocycles. The lowest BCUT2D eigenvalue weighted by molar-refractivity contribution is -0.117. The number of ether oxygens (including phenoxy) is 1. The van der Waals surface area contributed by atoms with Crippen LogP contribution in [0.25, 0.3) is 0 Å². The van der Waals surface area contributed by atoms with E-state index in [2.05, 4.69) is 31.1 Å². The number of nitrogens with one attached hydrogen (secondary N) is 3. The fourth-order valence-electron chi connectivity index (χ4n) is 2.51. The summed E-state index contributed by atoms with van der Waals surface area (Å²) in [6, 6.07) is 17.4. The monoisotopic (exact) mass is 430 g/mol. The summed E-state index contributed by atoms with van der Waals surface area (Å²) in [5, 5.41) is 9.35. The van der Waals surface area contributed by atoms with Crippen molar-refractivity contribution in [2.75, 3.05) is 12.4 Å². The van der Waals surface area contributed by atoms with E-state index in [-0.39, 0.29) is 11.6 Å². The van der Waals surface area contributed by atoms with Gasteiger partial charge in [-0.1, -0.05) is 18.2 Å². The van der Waals surface area contributed by atoms with Gasteiger partial charge in [-0.2, -0.15) is 5.10 Å². The summed E-state index contributed by atoms with van der Waals surface area (Å²) in [4.78, 5) is 33.5. The van der Waals surface area contributed by atoms with E-state index >= 15 is 0 Å². The molecule has 2 amide bonds. The zero-order chi connectivity index (χ0) is 22.8. The van der Waals surface area contributed by atoms with Crippen molar-refractivity contribution in [3.63, 3.8) is 0 Å². The van der Waals surface area contributed by atoms with Crippen molar-refractivity contribution in [1.82, 2.24) is 20.7 Å². The lowest BCUT2D eigenvalue weighted by Gasteiger charge is -2.09. The smallest absolute Gasteiger partial charge is 0.289 e. The number of nitrogens with zero attached hydrogens (tertiary/aromatic N) is 3. The van der Waals surface area contributed by atoms with Crippen LogP contribution in [0.5, 0.6) is 5.75 Å². The average Bonchev–Trinajstić information content (AvgIpc) is 2.82. The van der Waals surface area contributed by atoms with Gasteiger partial charge < -0.3 is 15.4 Å². The second-order valence-corrected chi connectivity index (χ2v) is 6.52. The maximum absolute atomic E-state index is 12.7. The molecule has 162 valence electrons. The molecule has 3 rings (SSSR count). The molecule has 9 heteroatoms. The highest BCUT2D eigenvalue weighted by Gasteiger charge is 2.14. The Balaban J connectivity index is 1.73. The Hall–Kier alpha value is -4.53. The molecule has 1 aromatic heterocycles. The van der Waals surface area contributed by atoms with Crippen LogP contribution >= 0.6 is 0 Å². The SMILES string of the molecule is COc1ccc(C=NNC(=O)C(=CNc2nccc(C)n2)NC(=O)c2ccccc2)cc1. The minimum Gasteiger partial charge on any atom is -0.497 e. The lowest BCUT2D eigenvalue weighted by Crippen LogP contribution is -2.33. The Morgan fingerprint density at radius 2 is 1.78 bits per heavy atom. The Kier molecular flexibility index (Phi) is 7.63. The summed E-state index contributed by atoms with van der Waals surface area (Å²) in [7, 11) is 1.58. The van der Waals surface area contributed by atoms with Crippen molar-refractivity contribution in [3.05, 3.63) is 95.6 Å². The first-order valence-corrected chi connectivity index (χ1v) is 9.65. The molecule has 9 nitrogen and oxygen atoms in total. The van der Waals surface area contributed by atoms with Gasteiger partial charge in [0.05, 0.1) is 13.3 Å². The van der Waals surface area contributed by atoms with Crippen molar-refractivity contribution in [2.24, 2.45) is 5.10 Å². The first-order chi connectivity index (χ1) is 15.5. The van der Waals surface area contributed by atoms with E-state index < -0.39 is 11.8 Å². The number of carbonyl (C=O) groups excluding carboxylic acids is 2. The predicted molar refractivity (Wildman–Crippen MR) is 121 cm³/mol. The number of rotatable bonds is 8. The molecule has 0 atom stereocenters. The minimum absolute atomic E-state index is 0.0594. The van der Waals surface area contributed by atoms with Crippen LogP contribution in [0.2, 0.25) is 0 Å². The van der Waals surface area contributed by atoms with E-state index in [1.54, 1.807) is 74.0 Å². The highest BCUT2D eigenvalue weighted by molar-refractivity contribution is 6.03. The van der Waals surface area contributed by atoms with Gasteiger partial charge in [-0.3, -0.25) is 9.59 Å². The third-order valence-corrected chi connectivity index (χ3v) is 4.16. The standard InChI is InChI=1S/C23H22N6O3/c1-16-12-13-24-23(27-16)25-15-20(28-21(30)18-6-4-3-5-7-18)22(31)29-26-14-17-8-10-19(32-2)11-9-17/h3-15H,1-2H3,(H,28,30)(H,29,31)(H,24,25,27). The molecule has 1 heterocycles. The maximum Gasteiger partial charge on any atom is 0.289 e. The molecule has 3 aromatic rings. The Morgan fingerprint density at radius 3 is 2.47 bits per heavy atom. The highest BCUT2D eigenvalue weighted by atomic mass is 16.5. The van der Waals surface area contributed by atoms with Crippen molar-refractivity contribution in [3.8, 4) is 5.75 Å². The molecule has 0 saturated heterocycles. The number of hydrogen-bond donors (Lipinski definition) is 3. The van der Waals surface area contributed by atoms with E-state index in [1.165, 1.54) is 12.4 Å².